The number of carbonyl (C=O) groups excluding carboxylic acids is 2. The summed E-state index contributed by atoms with van der Waals surface area (Å²) in [6, 6.07) is 6.88. The van der Waals surface area contributed by atoms with E-state index in [0.717, 1.165) is 30.0 Å². The highest BCUT2D eigenvalue weighted by Crippen LogP contribution is 2.29. The van der Waals surface area contributed by atoms with Crippen LogP contribution in [-0.2, 0) is 22.5 Å². The van der Waals surface area contributed by atoms with E-state index in [-0.39, 0.29) is 5.56 Å². The number of nitrogens with one attached hydrogen (secondary N) is 1. The molecule has 30 heavy (non-hydrogen) atoms. The molecule has 8 nitrogen and oxygen atoms in total. The van der Waals surface area contributed by atoms with Crippen molar-refractivity contribution in [2.75, 3.05) is 12.4 Å². The summed E-state index contributed by atoms with van der Waals surface area (Å²) in [6.07, 6.45) is 0.629. The molecule has 2 aromatic heterocycles. The van der Waals surface area contributed by atoms with Gasteiger partial charge in [0.05, 0.1) is 12.5 Å². The van der Waals surface area contributed by atoms with Crippen molar-refractivity contribution in [2.24, 2.45) is 0 Å². The van der Waals surface area contributed by atoms with E-state index in [1.165, 1.54) is 14.0 Å². The van der Waals surface area contributed by atoms with Gasteiger partial charge in [-0.3, -0.25) is 14.2 Å². The lowest BCUT2D eigenvalue weighted by Gasteiger charge is -2.13. The van der Waals surface area contributed by atoms with E-state index in [2.05, 4.69) is 10.3 Å². The summed E-state index contributed by atoms with van der Waals surface area (Å²) in [5.74, 6) is 0.240. The van der Waals surface area contributed by atoms with Crippen LogP contribution in [-0.4, -0.2) is 34.6 Å². The zero-order chi connectivity index (χ0) is 21.4. The van der Waals surface area contributed by atoms with Crippen LogP contribution >= 0.6 is 11.3 Å². The molecule has 0 aliphatic carbocycles. The molecule has 9 heteroatoms. The van der Waals surface area contributed by atoms with Gasteiger partial charge in [0.1, 0.15) is 21.3 Å². The number of hydrogen-bond acceptors (Lipinski definition) is 7. The number of ether oxygens (including phenoxy) is 2. The highest BCUT2D eigenvalue weighted by Gasteiger charge is 2.26. The minimum atomic E-state index is -1.02. The zero-order valence-electron chi connectivity index (χ0n) is 16.9. The maximum Gasteiger partial charge on any atom is 0.349 e. The summed E-state index contributed by atoms with van der Waals surface area (Å²) >= 11 is 1.13. The molecule has 0 unspecified atom stereocenters. The average molecular weight is 427 g/mol. The second-order valence-electron chi connectivity index (χ2n) is 7.09. The number of methoxy groups -OCH3 is 1. The van der Waals surface area contributed by atoms with Crippen LogP contribution in [0.5, 0.6) is 5.75 Å². The number of aromatic nitrogens is 2. The molecular weight excluding hydrogens is 406 g/mol. The molecule has 0 bridgehead atoms. The molecule has 0 radical (unpaired) electrons. The predicted octanol–water partition coefficient (Wildman–Crippen LogP) is 2.91. The van der Waals surface area contributed by atoms with E-state index in [1.807, 2.05) is 0 Å². The number of benzene rings is 1. The van der Waals surface area contributed by atoms with Crippen molar-refractivity contribution in [1.29, 1.82) is 0 Å². The number of anilines is 1. The fourth-order valence-electron chi connectivity index (χ4n) is 3.48. The molecule has 0 saturated carbocycles. The molecule has 4 rings (SSSR count). The molecule has 0 fully saturated rings. The van der Waals surface area contributed by atoms with Crippen molar-refractivity contribution in [2.45, 2.75) is 39.3 Å². The lowest BCUT2D eigenvalue weighted by molar-refractivity contribution is -0.123. The second kappa shape index (κ2) is 7.91. The van der Waals surface area contributed by atoms with Crippen LogP contribution in [0.15, 0.2) is 29.1 Å². The Labute approximate surface area is 176 Å². The molecule has 1 N–H and O–H groups in total. The monoisotopic (exact) mass is 427 g/mol. The van der Waals surface area contributed by atoms with Gasteiger partial charge < -0.3 is 14.8 Å². The smallest absolute Gasteiger partial charge is 0.349 e. The van der Waals surface area contributed by atoms with E-state index < -0.39 is 18.0 Å². The van der Waals surface area contributed by atoms with Crippen LogP contribution in [0.1, 0.15) is 34.4 Å². The number of thiophene rings is 1. The zero-order valence-corrected chi connectivity index (χ0v) is 17.7. The Bertz CT molecular complexity index is 1210. The molecular formula is C21H21N3O5S. The van der Waals surface area contributed by atoms with E-state index in [1.54, 1.807) is 35.8 Å². The fourth-order valence-corrected chi connectivity index (χ4v) is 4.56. The number of fused-ring (bicyclic) bond motifs is 2. The Balaban J connectivity index is 1.52. The SMILES string of the molecule is COc1cccc(NC(=O)[C@@H](C)OC(=O)c2sc3nc4n(c(=O)c3c2C)CCC4)c1. The first-order chi connectivity index (χ1) is 14.4. The van der Waals surface area contributed by atoms with E-state index in [4.69, 9.17) is 9.47 Å². The van der Waals surface area contributed by atoms with Crippen LogP contribution in [0.25, 0.3) is 10.2 Å². The first-order valence-electron chi connectivity index (χ1n) is 9.57. The largest absolute Gasteiger partial charge is 0.497 e. The average Bonchev–Trinajstić information content (AvgIpc) is 3.33. The maximum atomic E-state index is 12.8. The van der Waals surface area contributed by atoms with Crippen molar-refractivity contribution in [3.05, 3.63) is 50.9 Å². The van der Waals surface area contributed by atoms with Crippen molar-refractivity contribution < 1.29 is 19.1 Å². The third kappa shape index (κ3) is 3.56. The normalized spacial score (nSPS) is 13.7. The Morgan fingerprint density at radius 2 is 2.13 bits per heavy atom. The third-order valence-electron chi connectivity index (χ3n) is 5.09. The van der Waals surface area contributed by atoms with Gasteiger partial charge in [0.2, 0.25) is 0 Å². The lowest BCUT2D eigenvalue weighted by Crippen LogP contribution is -2.30. The van der Waals surface area contributed by atoms with Crippen molar-refractivity contribution in [1.82, 2.24) is 9.55 Å². The molecule has 1 aliphatic heterocycles. The van der Waals surface area contributed by atoms with Crippen LogP contribution in [0.4, 0.5) is 5.69 Å². The molecule has 1 atom stereocenters. The number of carbonyl (C=O) groups is 2. The second-order valence-corrected chi connectivity index (χ2v) is 8.09. The third-order valence-corrected chi connectivity index (χ3v) is 6.25. The van der Waals surface area contributed by atoms with Gasteiger partial charge in [-0.2, -0.15) is 0 Å². The van der Waals surface area contributed by atoms with Crippen LogP contribution in [0, 0.1) is 6.92 Å². The Kier molecular flexibility index (Phi) is 5.29. The summed E-state index contributed by atoms with van der Waals surface area (Å²) in [5.41, 5.74) is 0.955. The lowest BCUT2D eigenvalue weighted by atomic mass is 10.2. The van der Waals surface area contributed by atoms with Gasteiger partial charge in [0, 0.05) is 24.7 Å². The quantitative estimate of drug-likeness (QED) is 0.629. The molecule has 0 saturated heterocycles. The number of aryl methyl sites for hydroxylation is 2. The van der Waals surface area contributed by atoms with E-state index in [9.17, 15) is 14.4 Å². The van der Waals surface area contributed by atoms with Crippen molar-refractivity contribution in [3.63, 3.8) is 0 Å². The summed E-state index contributed by atoms with van der Waals surface area (Å²) in [5, 5.41) is 3.15. The van der Waals surface area contributed by atoms with Crippen LogP contribution in [0.2, 0.25) is 0 Å². The Hall–Kier alpha value is -3.20. The molecule has 156 valence electrons. The van der Waals surface area contributed by atoms with E-state index in [0.29, 0.717) is 38.6 Å². The number of amides is 1. The highest BCUT2D eigenvalue weighted by molar-refractivity contribution is 7.20. The van der Waals surface area contributed by atoms with Crippen LogP contribution < -0.4 is 15.6 Å². The first-order valence-corrected chi connectivity index (χ1v) is 10.4. The predicted molar refractivity (Wildman–Crippen MR) is 113 cm³/mol. The number of rotatable bonds is 5. The minimum Gasteiger partial charge on any atom is -0.497 e. The van der Waals surface area contributed by atoms with Gasteiger partial charge in [0.25, 0.3) is 11.5 Å². The summed E-state index contributed by atoms with van der Waals surface area (Å²) in [4.78, 5) is 43.3. The first kappa shape index (κ1) is 20.1. The van der Waals surface area contributed by atoms with Gasteiger partial charge >= 0.3 is 5.97 Å². The summed E-state index contributed by atoms with van der Waals surface area (Å²) < 4.78 is 12.2. The number of hydrogen-bond donors (Lipinski definition) is 1. The van der Waals surface area contributed by atoms with Crippen LogP contribution in [0.3, 0.4) is 0 Å². The minimum absolute atomic E-state index is 0.121. The van der Waals surface area contributed by atoms with Gasteiger partial charge in [-0.1, -0.05) is 6.07 Å². The molecule has 0 spiro atoms. The standard InChI is InChI=1S/C21H21N3O5S/c1-11-16-19(23-15-8-5-9-24(15)20(16)26)30-17(11)21(27)29-12(2)18(25)22-13-6-4-7-14(10-13)28-3/h4,6-7,10,12H,5,8-9H2,1-3H3,(H,22,25)/t12-/m1/s1. The molecule has 1 aliphatic rings. The van der Waals surface area contributed by atoms with Gasteiger partial charge in [-0.25, -0.2) is 9.78 Å². The number of nitrogens with zero attached hydrogens (tertiary/aromatic N) is 2. The summed E-state index contributed by atoms with van der Waals surface area (Å²) in [7, 11) is 1.54. The van der Waals surface area contributed by atoms with Crippen molar-refractivity contribution >= 4 is 39.1 Å². The van der Waals surface area contributed by atoms with E-state index >= 15 is 0 Å². The topological polar surface area (TPSA) is 99.5 Å². The summed E-state index contributed by atoms with van der Waals surface area (Å²) in [6.45, 7) is 3.85. The fraction of sp³-hybridized carbons (Fsp3) is 0.333. The molecule has 3 heterocycles. The van der Waals surface area contributed by atoms with Gasteiger partial charge in [-0.15, -0.1) is 11.3 Å². The molecule has 1 amide bonds. The highest BCUT2D eigenvalue weighted by atomic mass is 32.1. The van der Waals surface area contributed by atoms with Gasteiger partial charge in [-0.05, 0) is 38.0 Å². The Morgan fingerprint density at radius 1 is 1.33 bits per heavy atom. The van der Waals surface area contributed by atoms with Crippen molar-refractivity contribution in [3.8, 4) is 5.75 Å². The van der Waals surface area contributed by atoms with Gasteiger partial charge in [0.15, 0.2) is 6.10 Å². The maximum absolute atomic E-state index is 12.8. The Morgan fingerprint density at radius 3 is 2.90 bits per heavy atom. The molecule has 1 aromatic carbocycles. The molecule has 3 aromatic rings. The number of esters is 1.